The summed E-state index contributed by atoms with van der Waals surface area (Å²) in [5, 5.41) is 0. The highest BCUT2D eigenvalue weighted by atomic mass is 15.2. The fourth-order valence-corrected chi connectivity index (χ4v) is 2.93. The summed E-state index contributed by atoms with van der Waals surface area (Å²) in [7, 11) is 0. The molecule has 16 heavy (non-hydrogen) atoms. The van der Waals surface area contributed by atoms with E-state index in [1.54, 1.807) is 0 Å². The summed E-state index contributed by atoms with van der Waals surface area (Å²) in [5.41, 5.74) is 3.32. The normalized spacial score (nSPS) is 23.4. The van der Waals surface area contributed by atoms with Crippen LogP contribution in [0.3, 0.4) is 0 Å². The first-order chi connectivity index (χ1) is 7.26. The van der Waals surface area contributed by atoms with Crippen LogP contribution < -0.4 is 4.90 Å². The van der Waals surface area contributed by atoms with Gasteiger partial charge in [-0.2, -0.15) is 0 Å². The quantitative estimate of drug-likeness (QED) is 0.635. The molecule has 0 saturated heterocycles. The zero-order valence-electron chi connectivity index (χ0n) is 11.3. The summed E-state index contributed by atoms with van der Waals surface area (Å²) in [4.78, 5) is 2.56. The molecule has 1 nitrogen and oxygen atoms in total. The molecule has 1 heterocycles. The molecule has 0 bridgehead atoms. The SMILES string of the molecule is C[C@@H]1N(C(C)(C)C)c2ccccc2C1(C)C. The highest BCUT2D eigenvalue weighted by molar-refractivity contribution is 5.65. The van der Waals surface area contributed by atoms with E-state index in [-0.39, 0.29) is 11.0 Å². The van der Waals surface area contributed by atoms with Crippen LogP contribution in [0.4, 0.5) is 5.69 Å². The van der Waals surface area contributed by atoms with Crippen molar-refractivity contribution in [3.05, 3.63) is 29.8 Å². The Morgan fingerprint density at radius 1 is 1.12 bits per heavy atom. The molecule has 1 aliphatic heterocycles. The van der Waals surface area contributed by atoms with Gasteiger partial charge in [-0.3, -0.25) is 0 Å². The highest BCUT2D eigenvalue weighted by Gasteiger charge is 2.45. The average molecular weight is 217 g/mol. The number of hydrogen-bond acceptors (Lipinski definition) is 1. The number of para-hydroxylation sites is 1. The molecule has 0 radical (unpaired) electrons. The lowest BCUT2D eigenvalue weighted by atomic mass is 9.81. The van der Waals surface area contributed by atoms with Crippen LogP contribution in [0, 0.1) is 0 Å². The number of fused-ring (bicyclic) bond motifs is 1. The van der Waals surface area contributed by atoms with E-state index >= 15 is 0 Å². The molecular weight excluding hydrogens is 194 g/mol. The minimum Gasteiger partial charge on any atom is -0.363 e. The van der Waals surface area contributed by atoms with Crippen LogP contribution in [0.25, 0.3) is 0 Å². The third-order valence-electron chi connectivity index (χ3n) is 4.01. The van der Waals surface area contributed by atoms with Gasteiger partial charge in [0.15, 0.2) is 0 Å². The molecule has 0 saturated carbocycles. The second-order valence-electron chi connectivity index (χ2n) is 6.46. The number of benzene rings is 1. The Morgan fingerprint density at radius 2 is 1.69 bits per heavy atom. The van der Waals surface area contributed by atoms with Crippen molar-refractivity contribution < 1.29 is 0 Å². The van der Waals surface area contributed by atoms with Gasteiger partial charge >= 0.3 is 0 Å². The monoisotopic (exact) mass is 217 g/mol. The molecule has 0 aliphatic carbocycles. The summed E-state index contributed by atoms with van der Waals surface area (Å²) < 4.78 is 0. The van der Waals surface area contributed by atoms with Gasteiger partial charge in [0.05, 0.1) is 0 Å². The fraction of sp³-hybridized carbons (Fsp3) is 0.600. The fourth-order valence-electron chi connectivity index (χ4n) is 2.93. The maximum atomic E-state index is 2.56. The predicted molar refractivity (Wildman–Crippen MR) is 71.2 cm³/mol. The molecule has 1 aliphatic rings. The van der Waals surface area contributed by atoms with Crippen molar-refractivity contribution >= 4 is 5.69 Å². The molecule has 88 valence electrons. The van der Waals surface area contributed by atoms with E-state index in [9.17, 15) is 0 Å². The van der Waals surface area contributed by atoms with Crippen molar-refractivity contribution in [2.24, 2.45) is 0 Å². The Labute approximate surface area is 99.5 Å². The Morgan fingerprint density at radius 3 is 2.25 bits per heavy atom. The number of nitrogens with zero attached hydrogens (tertiary/aromatic N) is 1. The topological polar surface area (TPSA) is 3.24 Å². The first kappa shape index (κ1) is 11.5. The third-order valence-corrected chi connectivity index (χ3v) is 4.01. The second-order valence-corrected chi connectivity index (χ2v) is 6.46. The molecule has 0 N–H and O–H groups in total. The van der Waals surface area contributed by atoms with Crippen LogP contribution in [-0.2, 0) is 5.41 Å². The molecule has 1 aromatic carbocycles. The smallest absolute Gasteiger partial charge is 0.0412 e. The van der Waals surface area contributed by atoms with E-state index in [1.807, 2.05) is 0 Å². The Balaban J connectivity index is 2.61. The third kappa shape index (κ3) is 1.45. The summed E-state index contributed by atoms with van der Waals surface area (Å²) >= 11 is 0. The van der Waals surface area contributed by atoms with Crippen LogP contribution >= 0.6 is 0 Å². The Hall–Kier alpha value is -0.980. The van der Waals surface area contributed by atoms with Crippen molar-refractivity contribution in [3.8, 4) is 0 Å². The number of rotatable bonds is 0. The van der Waals surface area contributed by atoms with E-state index in [1.165, 1.54) is 11.3 Å². The molecule has 0 fully saturated rings. The van der Waals surface area contributed by atoms with Crippen LogP contribution in [0.5, 0.6) is 0 Å². The maximum absolute atomic E-state index is 2.56. The summed E-state index contributed by atoms with van der Waals surface area (Å²) in [6, 6.07) is 9.37. The lowest BCUT2D eigenvalue weighted by molar-refractivity contribution is 0.377. The van der Waals surface area contributed by atoms with Gasteiger partial charge in [-0.25, -0.2) is 0 Å². The molecule has 2 rings (SSSR count). The molecule has 0 aromatic heterocycles. The summed E-state index contributed by atoms with van der Waals surface area (Å²) in [6.07, 6.45) is 0. The molecule has 1 atom stereocenters. The van der Waals surface area contributed by atoms with Gasteiger partial charge in [-0.15, -0.1) is 0 Å². The average Bonchev–Trinajstić information content (AvgIpc) is 2.35. The minimum absolute atomic E-state index is 0.184. The zero-order valence-corrected chi connectivity index (χ0v) is 11.3. The maximum Gasteiger partial charge on any atom is 0.0412 e. The summed E-state index contributed by atoms with van der Waals surface area (Å²) in [6.45, 7) is 13.9. The first-order valence-electron chi connectivity index (χ1n) is 6.15. The van der Waals surface area contributed by atoms with Gasteiger partial charge in [0.2, 0.25) is 0 Å². The van der Waals surface area contributed by atoms with Crippen molar-refractivity contribution in [2.45, 2.75) is 58.5 Å². The van der Waals surface area contributed by atoms with Crippen LogP contribution in [0.15, 0.2) is 24.3 Å². The van der Waals surface area contributed by atoms with Gasteiger partial charge < -0.3 is 4.90 Å². The van der Waals surface area contributed by atoms with Crippen molar-refractivity contribution in [1.29, 1.82) is 0 Å². The second kappa shape index (κ2) is 3.26. The highest BCUT2D eigenvalue weighted by Crippen LogP contribution is 2.47. The van der Waals surface area contributed by atoms with Gasteiger partial charge in [-0.05, 0) is 39.3 Å². The van der Waals surface area contributed by atoms with Crippen molar-refractivity contribution in [2.75, 3.05) is 4.90 Å². The van der Waals surface area contributed by atoms with E-state index in [4.69, 9.17) is 0 Å². The van der Waals surface area contributed by atoms with Crippen LogP contribution in [-0.4, -0.2) is 11.6 Å². The largest absolute Gasteiger partial charge is 0.363 e. The van der Waals surface area contributed by atoms with E-state index in [2.05, 4.69) is 70.7 Å². The van der Waals surface area contributed by atoms with E-state index in [0.29, 0.717) is 6.04 Å². The number of anilines is 1. The molecule has 0 unspecified atom stereocenters. The van der Waals surface area contributed by atoms with Gasteiger partial charge in [0.25, 0.3) is 0 Å². The standard InChI is InChI=1S/C15H23N/c1-11-15(5,6)12-9-7-8-10-13(12)16(11)14(2,3)4/h7-11H,1-6H3/t11-/m0/s1. The minimum atomic E-state index is 0.184. The van der Waals surface area contributed by atoms with Crippen molar-refractivity contribution in [3.63, 3.8) is 0 Å². The molecule has 1 aromatic rings. The van der Waals surface area contributed by atoms with Crippen LogP contribution in [0.2, 0.25) is 0 Å². The summed E-state index contributed by atoms with van der Waals surface area (Å²) in [5.74, 6) is 0. The predicted octanol–water partition coefficient (Wildman–Crippen LogP) is 3.97. The van der Waals surface area contributed by atoms with Gasteiger partial charge in [0, 0.05) is 22.7 Å². The molecular formula is C15H23N. The lowest BCUT2D eigenvalue weighted by Gasteiger charge is -2.41. The van der Waals surface area contributed by atoms with E-state index in [0.717, 1.165) is 0 Å². The van der Waals surface area contributed by atoms with Gasteiger partial charge in [-0.1, -0.05) is 32.0 Å². The molecule has 0 spiro atoms. The van der Waals surface area contributed by atoms with Crippen LogP contribution in [0.1, 0.15) is 47.1 Å². The lowest BCUT2D eigenvalue weighted by Crippen LogP contribution is -2.49. The van der Waals surface area contributed by atoms with E-state index < -0.39 is 0 Å². The zero-order chi connectivity index (χ0) is 12.1. The first-order valence-corrected chi connectivity index (χ1v) is 6.15. The Bertz CT molecular complexity index is 398. The molecule has 1 heteroatoms. The van der Waals surface area contributed by atoms with Gasteiger partial charge in [0.1, 0.15) is 0 Å². The Kier molecular flexibility index (Phi) is 2.34. The number of hydrogen-bond donors (Lipinski definition) is 0. The molecule has 0 amide bonds. The van der Waals surface area contributed by atoms with Crippen molar-refractivity contribution in [1.82, 2.24) is 0 Å².